The van der Waals surface area contributed by atoms with E-state index in [-0.39, 0.29) is 24.4 Å². The van der Waals surface area contributed by atoms with Gasteiger partial charge in [0.1, 0.15) is 10.6 Å². The Morgan fingerprint density at radius 2 is 1.80 bits per heavy atom. The summed E-state index contributed by atoms with van der Waals surface area (Å²) in [7, 11) is 0. The van der Waals surface area contributed by atoms with Crippen LogP contribution in [0.4, 0.5) is 5.69 Å². The number of aryl methyl sites for hydroxylation is 1. The van der Waals surface area contributed by atoms with Gasteiger partial charge in [0.2, 0.25) is 6.29 Å². The lowest BCUT2D eigenvalue weighted by molar-refractivity contribution is -0.147. The van der Waals surface area contributed by atoms with Gasteiger partial charge in [-0.2, -0.15) is 0 Å². The maximum Gasteiger partial charge on any atom is 0.290 e. The number of rotatable bonds is 8. The van der Waals surface area contributed by atoms with Crippen molar-refractivity contribution in [1.29, 1.82) is 0 Å². The zero-order valence-corrected chi connectivity index (χ0v) is 25.8. The number of hydrogen-bond acceptors (Lipinski definition) is 8. The van der Waals surface area contributed by atoms with Crippen molar-refractivity contribution < 1.29 is 23.8 Å². The number of aliphatic hydroxyl groups excluding tert-OH is 1. The number of nitrogens with one attached hydrogen (secondary N) is 1. The van der Waals surface area contributed by atoms with Gasteiger partial charge in [0.25, 0.3) is 5.91 Å². The predicted molar refractivity (Wildman–Crippen MR) is 178 cm³/mol. The second-order valence-electron chi connectivity index (χ2n) is 11.2. The summed E-state index contributed by atoms with van der Waals surface area (Å²) in [4.78, 5) is 31.8. The van der Waals surface area contributed by atoms with Gasteiger partial charge < -0.3 is 24.3 Å². The fraction of sp³-hybridized carbons (Fsp3) is 0.162. The van der Waals surface area contributed by atoms with Crippen LogP contribution in [-0.4, -0.2) is 22.3 Å². The molecule has 2 aromatic heterocycles. The van der Waals surface area contributed by atoms with Gasteiger partial charge in [0, 0.05) is 29.2 Å². The number of aromatic nitrogens is 1. The molecule has 2 unspecified atom stereocenters. The minimum atomic E-state index is -0.802. The molecule has 6 aromatic rings. The molecule has 8 nitrogen and oxygen atoms in total. The lowest BCUT2D eigenvalue weighted by Gasteiger charge is -2.29. The molecular formula is C37H30N2O6S. The van der Waals surface area contributed by atoms with Crippen LogP contribution in [-0.2, 0) is 27.5 Å². The van der Waals surface area contributed by atoms with E-state index in [1.165, 1.54) is 11.8 Å². The van der Waals surface area contributed by atoms with E-state index in [9.17, 15) is 14.7 Å². The molecule has 2 N–H and O–H groups in total. The second-order valence-corrected chi connectivity index (χ2v) is 12.3. The number of thiazole rings is 1. The van der Waals surface area contributed by atoms with E-state index in [4.69, 9.17) is 18.9 Å². The Morgan fingerprint density at radius 3 is 2.61 bits per heavy atom. The average Bonchev–Trinajstić information content (AvgIpc) is 3.51. The minimum Gasteiger partial charge on any atom is -0.464 e. The monoisotopic (exact) mass is 630 g/mol. The summed E-state index contributed by atoms with van der Waals surface area (Å²) in [6.07, 6.45) is 2.62. The molecule has 1 amide bonds. The van der Waals surface area contributed by atoms with Crippen LogP contribution in [0.2, 0.25) is 0 Å². The zero-order valence-electron chi connectivity index (χ0n) is 24.9. The number of fused-ring (bicyclic) bond motifs is 2. The molecule has 0 bridgehead atoms. The molecule has 0 radical (unpaired) electrons. The van der Waals surface area contributed by atoms with Crippen LogP contribution in [0.3, 0.4) is 0 Å². The van der Waals surface area contributed by atoms with Gasteiger partial charge in [-0.25, -0.2) is 4.98 Å². The maximum atomic E-state index is 13.5. The summed E-state index contributed by atoms with van der Waals surface area (Å²) in [6, 6.07) is 28.2. The molecule has 0 saturated heterocycles. The summed E-state index contributed by atoms with van der Waals surface area (Å²) >= 11 is 1.63. The van der Waals surface area contributed by atoms with E-state index in [1.807, 2.05) is 60.7 Å². The molecule has 0 aliphatic carbocycles. The number of amides is 1. The van der Waals surface area contributed by atoms with Crippen LogP contribution < -0.4 is 10.7 Å². The first-order valence-corrected chi connectivity index (χ1v) is 15.7. The molecule has 7 rings (SSSR count). The predicted octanol–water partition coefficient (Wildman–Crippen LogP) is 7.44. The highest BCUT2D eigenvalue weighted by Gasteiger charge is 2.31. The van der Waals surface area contributed by atoms with Crippen LogP contribution in [0.5, 0.6) is 0 Å². The molecule has 0 spiro atoms. The fourth-order valence-corrected chi connectivity index (χ4v) is 6.53. The Bertz CT molecular complexity index is 2130. The van der Waals surface area contributed by atoms with Gasteiger partial charge in [0.15, 0.2) is 11.2 Å². The van der Waals surface area contributed by atoms with E-state index in [1.54, 1.807) is 35.6 Å². The third-order valence-corrected chi connectivity index (χ3v) is 9.03. The smallest absolute Gasteiger partial charge is 0.290 e. The standard InChI is InChI=1S/C37H30N2O6S/c1-22-6-15-30-33(16-22)46-37(39-30)25-11-13-27(14-12-25)38-36(42)32-17-26(29-21-43-31-5-3-2-4-28(31)35(29)41)18-34(45-32)44-20-24-9-7-23(19-40)8-10-24/h2-17,21,26,34,40H,18-20H2,1H3,(H,38,42). The van der Waals surface area contributed by atoms with Crippen molar-refractivity contribution in [2.45, 2.75) is 38.8 Å². The maximum absolute atomic E-state index is 13.5. The van der Waals surface area contributed by atoms with Crippen molar-refractivity contribution in [2.24, 2.45) is 0 Å². The lowest BCUT2D eigenvalue weighted by atomic mass is 9.93. The Labute approximate surface area is 268 Å². The highest BCUT2D eigenvalue weighted by atomic mass is 32.1. The van der Waals surface area contributed by atoms with Crippen molar-refractivity contribution in [3.05, 3.63) is 142 Å². The number of para-hydroxylation sites is 1. The third kappa shape index (κ3) is 6.21. The number of nitrogens with zero attached hydrogens (tertiary/aromatic N) is 1. The number of anilines is 1. The number of aliphatic hydroxyl groups is 1. The summed E-state index contributed by atoms with van der Waals surface area (Å²) in [6.45, 7) is 2.24. The number of hydrogen-bond donors (Lipinski definition) is 2. The third-order valence-electron chi connectivity index (χ3n) is 7.96. The van der Waals surface area contributed by atoms with Crippen LogP contribution in [0, 0.1) is 6.92 Å². The first kappa shape index (κ1) is 29.6. The summed E-state index contributed by atoms with van der Waals surface area (Å²) in [5.41, 5.74) is 6.11. The molecule has 1 aliphatic rings. The van der Waals surface area contributed by atoms with E-state index in [0.717, 1.165) is 31.9 Å². The van der Waals surface area contributed by atoms with Crippen molar-refractivity contribution in [2.75, 3.05) is 5.32 Å². The molecule has 0 saturated carbocycles. The van der Waals surface area contributed by atoms with Crippen molar-refractivity contribution in [1.82, 2.24) is 4.98 Å². The lowest BCUT2D eigenvalue weighted by Crippen LogP contribution is -2.30. The normalized spacial score (nSPS) is 16.3. The Balaban J connectivity index is 1.12. The summed E-state index contributed by atoms with van der Waals surface area (Å²) in [5.74, 6) is -0.892. The van der Waals surface area contributed by atoms with Crippen molar-refractivity contribution in [3.63, 3.8) is 0 Å². The molecule has 2 atom stereocenters. The van der Waals surface area contributed by atoms with Crippen LogP contribution in [0.25, 0.3) is 31.8 Å². The highest BCUT2D eigenvalue weighted by Crippen LogP contribution is 2.33. The van der Waals surface area contributed by atoms with Gasteiger partial charge in [0.05, 0.1) is 35.1 Å². The quantitative estimate of drug-likeness (QED) is 0.180. The average molecular weight is 631 g/mol. The summed E-state index contributed by atoms with van der Waals surface area (Å²) in [5, 5.41) is 13.6. The van der Waals surface area contributed by atoms with E-state index in [2.05, 4.69) is 24.4 Å². The number of benzene rings is 4. The topological polar surface area (TPSA) is 111 Å². The molecule has 4 aromatic carbocycles. The zero-order chi connectivity index (χ0) is 31.6. The molecule has 230 valence electrons. The number of allylic oxidation sites excluding steroid dienone is 1. The largest absolute Gasteiger partial charge is 0.464 e. The summed E-state index contributed by atoms with van der Waals surface area (Å²) < 4.78 is 19.1. The molecule has 3 heterocycles. The highest BCUT2D eigenvalue weighted by molar-refractivity contribution is 7.21. The first-order valence-electron chi connectivity index (χ1n) is 14.9. The van der Waals surface area contributed by atoms with E-state index in [0.29, 0.717) is 28.6 Å². The van der Waals surface area contributed by atoms with Crippen molar-refractivity contribution in [3.8, 4) is 10.6 Å². The van der Waals surface area contributed by atoms with E-state index < -0.39 is 18.1 Å². The van der Waals surface area contributed by atoms with Crippen LogP contribution in [0.1, 0.15) is 34.6 Å². The fourth-order valence-electron chi connectivity index (χ4n) is 5.46. The SMILES string of the molecule is Cc1ccc2nc(-c3ccc(NC(=O)C4=CC(c5coc6ccccc6c5=O)CC(OCc5ccc(CO)cc5)O4)cc3)sc2c1. The molecule has 9 heteroatoms. The number of ether oxygens (including phenoxy) is 2. The Hall–Kier alpha value is -5.09. The van der Waals surface area contributed by atoms with Crippen LogP contribution in [0.15, 0.2) is 118 Å². The Kier molecular flexibility index (Phi) is 8.19. The number of carbonyl (C=O) groups is 1. The van der Waals surface area contributed by atoms with Gasteiger partial charge in [-0.1, -0.05) is 42.5 Å². The minimum absolute atomic E-state index is 0.0451. The van der Waals surface area contributed by atoms with Crippen molar-refractivity contribution >= 4 is 44.1 Å². The van der Waals surface area contributed by atoms with Gasteiger partial charge in [-0.3, -0.25) is 9.59 Å². The van der Waals surface area contributed by atoms with Gasteiger partial charge >= 0.3 is 0 Å². The van der Waals surface area contributed by atoms with Gasteiger partial charge in [-0.05, 0) is 78.2 Å². The van der Waals surface area contributed by atoms with Gasteiger partial charge in [-0.15, -0.1) is 11.3 Å². The molecule has 46 heavy (non-hydrogen) atoms. The van der Waals surface area contributed by atoms with E-state index >= 15 is 0 Å². The Morgan fingerprint density at radius 1 is 1.02 bits per heavy atom. The van der Waals surface area contributed by atoms with Crippen LogP contribution >= 0.6 is 11.3 Å². The molecule has 0 fully saturated rings. The first-order chi connectivity index (χ1) is 22.4. The number of carbonyl (C=O) groups excluding carboxylic acids is 1. The molecule has 1 aliphatic heterocycles. The molecular weight excluding hydrogens is 600 g/mol. The second kappa shape index (κ2) is 12.7.